The maximum Gasteiger partial charge on any atom is 0.265 e. The van der Waals surface area contributed by atoms with Crippen molar-refractivity contribution in [2.75, 3.05) is 20.2 Å². The molecule has 0 aliphatic carbocycles. The van der Waals surface area contributed by atoms with Gasteiger partial charge in [0.15, 0.2) is 0 Å². The number of aliphatic hydroxyl groups excluding tert-OH is 1. The lowest BCUT2D eigenvalue weighted by atomic mass is 10.1. The highest BCUT2D eigenvalue weighted by Gasteiger charge is 2.18. The number of aliphatic hydroxyl groups is 1. The summed E-state index contributed by atoms with van der Waals surface area (Å²) in [6, 6.07) is 0. The second kappa shape index (κ2) is 6.27. The molecular formula is C9H19F2NO2. The number of nitrogens with one attached hydrogen (secondary N) is 1. The zero-order chi connectivity index (χ0) is 11.2. The van der Waals surface area contributed by atoms with Crippen LogP contribution in [-0.2, 0) is 4.74 Å². The molecule has 0 aromatic rings. The highest BCUT2D eigenvalue weighted by Crippen LogP contribution is 2.11. The lowest BCUT2D eigenvalue weighted by Crippen LogP contribution is -2.35. The van der Waals surface area contributed by atoms with Crippen molar-refractivity contribution < 1.29 is 18.6 Å². The summed E-state index contributed by atoms with van der Waals surface area (Å²) in [5, 5.41) is 11.5. The molecule has 0 amide bonds. The third-order valence-electron chi connectivity index (χ3n) is 2.10. The molecule has 5 heteroatoms. The van der Waals surface area contributed by atoms with Crippen LogP contribution in [0.2, 0.25) is 0 Å². The summed E-state index contributed by atoms with van der Waals surface area (Å²) in [4.78, 5) is 0. The van der Waals surface area contributed by atoms with Gasteiger partial charge >= 0.3 is 0 Å². The van der Waals surface area contributed by atoms with E-state index in [2.05, 4.69) is 5.32 Å². The van der Waals surface area contributed by atoms with Gasteiger partial charge < -0.3 is 15.2 Å². The molecule has 14 heavy (non-hydrogen) atoms. The van der Waals surface area contributed by atoms with Crippen LogP contribution < -0.4 is 5.32 Å². The van der Waals surface area contributed by atoms with E-state index < -0.39 is 12.5 Å². The average molecular weight is 211 g/mol. The Morgan fingerprint density at radius 1 is 1.43 bits per heavy atom. The van der Waals surface area contributed by atoms with Crippen LogP contribution in [0.15, 0.2) is 0 Å². The van der Waals surface area contributed by atoms with E-state index in [1.807, 2.05) is 13.8 Å². The Bertz CT molecular complexity index is 154. The normalized spacial score (nSPS) is 14.8. The molecule has 0 saturated carbocycles. The van der Waals surface area contributed by atoms with E-state index in [0.717, 1.165) is 0 Å². The predicted octanol–water partition coefficient (Wildman–Crippen LogP) is 1.02. The van der Waals surface area contributed by atoms with Gasteiger partial charge in [0.1, 0.15) is 6.10 Å². The van der Waals surface area contributed by atoms with Crippen molar-refractivity contribution in [3.63, 3.8) is 0 Å². The highest BCUT2D eigenvalue weighted by atomic mass is 19.3. The van der Waals surface area contributed by atoms with Gasteiger partial charge in [-0.05, 0) is 26.8 Å². The largest absolute Gasteiger partial charge is 0.386 e. The quantitative estimate of drug-likeness (QED) is 0.618. The molecule has 0 rings (SSSR count). The van der Waals surface area contributed by atoms with E-state index in [1.54, 1.807) is 7.11 Å². The van der Waals surface area contributed by atoms with Gasteiger partial charge in [-0.1, -0.05) is 0 Å². The van der Waals surface area contributed by atoms with Crippen molar-refractivity contribution in [1.82, 2.24) is 5.32 Å². The fraction of sp³-hybridized carbons (Fsp3) is 1.00. The summed E-state index contributed by atoms with van der Waals surface area (Å²) in [6.07, 6.45) is -3.56. The lowest BCUT2D eigenvalue weighted by molar-refractivity contribution is -0.00669. The van der Waals surface area contributed by atoms with Gasteiger partial charge in [0.2, 0.25) is 0 Å². The van der Waals surface area contributed by atoms with Crippen LogP contribution in [0.25, 0.3) is 0 Å². The number of halogens is 2. The monoisotopic (exact) mass is 211 g/mol. The Hall–Kier alpha value is -0.260. The number of ether oxygens (including phenoxy) is 1. The van der Waals surface area contributed by atoms with E-state index in [1.165, 1.54) is 0 Å². The molecule has 0 spiro atoms. The first-order valence-electron chi connectivity index (χ1n) is 4.61. The minimum absolute atomic E-state index is 0.0859. The predicted molar refractivity (Wildman–Crippen MR) is 50.6 cm³/mol. The second-order valence-electron chi connectivity index (χ2n) is 3.82. The molecule has 0 aromatic carbocycles. The Morgan fingerprint density at radius 3 is 2.43 bits per heavy atom. The standard InChI is InChI=1S/C9H19F2NO2/c1-9(2,14-3)4-5-12-6-7(13)8(10)11/h7-8,12-13H,4-6H2,1-3H3. The second-order valence-corrected chi connectivity index (χ2v) is 3.82. The van der Waals surface area contributed by atoms with E-state index in [-0.39, 0.29) is 12.1 Å². The molecule has 0 saturated heterocycles. The van der Waals surface area contributed by atoms with Crippen LogP contribution in [-0.4, -0.2) is 43.4 Å². The molecule has 0 bridgehead atoms. The molecule has 3 nitrogen and oxygen atoms in total. The topological polar surface area (TPSA) is 41.5 Å². The minimum atomic E-state index is -2.68. The maximum absolute atomic E-state index is 11.8. The van der Waals surface area contributed by atoms with Crippen molar-refractivity contribution in [3.05, 3.63) is 0 Å². The van der Waals surface area contributed by atoms with Crippen LogP contribution in [0.5, 0.6) is 0 Å². The lowest BCUT2D eigenvalue weighted by Gasteiger charge is -2.23. The number of rotatable bonds is 7. The third-order valence-corrected chi connectivity index (χ3v) is 2.10. The molecule has 0 aromatic heterocycles. The summed E-state index contributed by atoms with van der Waals surface area (Å²) < 4.78 is 28.8. The van der Waals surface area contributed by atoms with Crippen molar-refractivity contribution in [2.24, 2.45) is 0 Å². The maximum atomic E-state index is 11.8. The Balaban J connectivity index is 3.47. The zero-order valence-electron chi connectivity index (χ0n) is 8.89. The number of alkyl halides is 2. The van der Waals surface area contributed by atoms with Crippen molar-refractivity contribution in [1.29, 1.82) is 0 Å². The first-order chi connectivity index (χ1) is 6.39. The van der Waals surface area contributed by atoms with Gasteiger partial charge in [-0.3, -0.25) is 0 Å². The number of hydrogen-bond donors (Lipinski definition) is 2. The van der Waals surface area contributed by atoms with E-state index >= 15 is 0 Å². The first-order valence-corrected chi connectivity index (χ1v) is 4.61. The van der Waals surface area contributed by atoms with Crippen LogP contribution >= 0.6 is 0 Å². The van der Waals surface area contributed by atoms with E-state index in [0.29, 0.717) is 13.0 Å². The van der Waals surface area contributed by atoms with Crippen molar-refractivity contribution in [2.45, 2.75) is 38.4 Å². The van der Waals surface area contributed by atoms with Gasteiger partial charge in [0, 0.05) is 13.7 Å². The molecule has 2 N–H and O–H groups in total. The molecule has 0 heterocycles. The zero-order valence-corrected chi connectivity index (χ0v) is 8.89. The fourth-order valence-corrected chi connectivity index (χ4v) is 0.831. The first kappa shape index (κ1) is 13.7. The fourth-order valence-electron chi connectivity index (χ4n) is 0.831. The van der Waals surface area contributed by atoms with Gasteiger partial charge in [-0.2, -0.15) is 0 Å². The van der Waals surface area contributed by atoms with Gasteiger partial charge in [-0.25, -0.2) is 8.78 Å². The smallest absolute Gasteiger partial charge is 0.265 e. The van der Waals surface area contributed by atoms with Crippen LogP contribution in [0.4, 0.5) is 8.78 Å². The summed E-state index contributed by atoms with van der Waals surface area (Å²) in [5.41, 5.74) is -0.261. The van der Waals surface area contributed by atoms with Crippen molar-refractivity contribution in [3.8, 4) is 0 Å². The molecule has 1 atom stereocenters. The molecule has 0 fully saturated rings. The number of methoxy groups -OCH3 is 1. The third kappa shape index (κ3) is 6.23. The molecule has 0 aliphatic rings. The summed E-state index contributed by atoms with van der Waals surface area (Å²) >= 11 is 0. The van der Waals surface area contributed by atoms with E-state index in [9.17, 15) is 8.78 Å². The number of hydrogen-bond acceptors (Lipinski definition) is 3. The molecule has 0 aliphatic heterocycles. The Kier molecular flexibility index (Phi) is 6.15. The highest BCUT2D eigenvalue weighted by molar-refractivity contribution is 4.70. The van der Waals surface area contributed by atoms with Crippen LogP contribution in [0.3, 0.4) is 0 Å². The van der Waals surface area contributed by atoms with Gasteiger partial charge in [0.25, 0.3) is 6.43 Å². The average Bonchev–Trinajstić information content (AvgIpc) is 2.12. The van der Waals surface area contributed by atoms with Gasteiger partial charge in [0.05, 0.1) is 5.60 Å². The van der Waals surface area contributed by atoms with Crippen LogP contribution in [0.1, 0.15) is 20.3 Å². The summed E-state index contributed by atoms with van der Waals surface area (Å²) in [7, 11) is 1.61. The van der Waals surface area contributed by atoms with E-state index in [4.69, 9.17) is 9.84 Å². The SMILES string of the molecule is COC(C)(C)CCNCC(O)C(F)F. The Morgan fingerprint density at radius 2 is 2.00 bits per heavy atom. The van der Waals surface area contributed by atoms with Crippen LogP contribution in [0, 0.1) is 0 Å². The summed E-state index contributed by atoms with van der Waals surface area (Å²) in [6.45, 7) is 4.29. The minimum Gasteiger partial charge on any atom is -0.386 e. The molecule has 86 valence electrons. The van der Waals surface area contributed by atoms with Gasteiger partial charge in [-0.15, -0.1) is 0 Å². The summed E-state index contributed by atoms with van der Waals surface area (Å²) in [5.74, 6) is 0. The van der Waals surface area contributed by atoms with Crippen molar-refractivity contribution >= 4 is 0 Å². The molecular weight excluding hydrogens is 192 g/mol. The Labute approximate surface area is 83.4 Å². The molecule has 1 unspecified atom stereocenters. The molecule has 0 radical (unpaired) electrons.